The standard InChI is InChI=1S/C16H21NO4/c1-3-7-16(15(20)21)8-4-9-17(16)14(19)13-6-5-12(18)10-11(13)2/h5-6,10,18H,3-4,7-9H2,1-2H3,(H,20,21). The van der Waals surface area contributed by atoms with Crippen LogP contribution in [0.3, 0.4) is 0 Å². The summed E-state index contributed by atoms with van der Waals surface area (Å²) in [5.41, 5.74) is 0.0231. The van der Waals surface area contributed by atoms with Crippen LogP contribution in [-0.2, 0) is 4.79 Å². The van der Waals surface area contributed by atoms with Crippen molar-refractivity contribution in [2.24, 2.45) is 0 Å². The number of phenols is 1. The number of amides is 1. The molecule has 0 saturated carbocycles. The SMILES string of the molecule is CCCC1(C(=O)O)CCCN1C(=O)c1ccc(O)cc1C. The van der Waals surface area contributed by atoms with Gasteiger partial charge in [-0.2, -0.15) is 0 Å². The molecule has 1 aromatic carbocycles. The van der Waals surface area contributed by atoms with Crippen molar-refractivity contribution in [2.45, 2.75) is 45.1 Å². The lowest BCUT2D eigenvalue weighted by molar-refractivity contribution is -0.148. The summed E-state index contributed by atoms with van der Waals surface area (Å²) in [6.07, 6.45) is 2.38. The third-order valence-electron chi connectivity index (χ3n) is 4.24. The van der Waals surface area contributed by atoms with Crippen molar-refractivity contribution in [3.63, 3.8) is 0 Å². The number of nitrogens with zero attached hydrogens (tertiary/aromatic N) is 1. The van der Waals surface area contributed by atoms with Crippen LogP contribution < -0.4 is 0 Å². The first-order valence-corrected chi connectivity index (χ1v) is 7.27. The molecule has 114 valence electrons. The molecule has 5 heteroatoms. The smallest absolute Gasteiger partial charge is 0.329 e. The second-order valence-electron chi connectivity index (χ2n) is 5.65. The van der Waals surface area contributed by atoms with E-state index >= 15 is 0 Å². The molecule has 0 bridgehead atoms. The Bertz CT molecular complexity index is 569. The molecule has 1 fully saturated rings. The maximum absolute atomic E-state index is 12.8. The molecule has 1 atom stereocenters. The second kappa shape index (κ2) is 5.76. The minimum Gasteiger partial charge on any atom is -0.508 e. The van der Waals surface area contributed by atoms with Crippen LogP contribution >= 0.6 is 0 Å². The highest BCUT2D eigenvalue weighted by Gasteiger charge is 2.49. The van der Waals surface area contributed by atoms with Crippen LogP contribution in [0.2, 0.25) is 0 Å². The maximum Gasteiger partial charge on any atom is 0.329 e. The first kappa shape index (κ1) is 15.4. The van der Waals surface area contributed by atoms with Crippen molar-refractivity contribution in [1.29, 1.82) is 0 Å². The summed E-state index contributed by atoms with van der Waals surface area (Å²) < 4.78 is 0. The number of carboxylic acid groups (broad SMARTS) is 1. The molecular weight excluding hydrogens is 270 g/mol. The quantitative estimate of drug-likeness (QED) is 0.893. The lowest BCUT2D eigenvalue weighted by atomic mass is 9.90. The van der Waals surface area contributed by atoms with Gasteiger partial charge in [-0.25, -0.2) is 4.79 Å². The van der Waals surface area contributed by atoms with Crippen LogP contribution in [0.5, 0.6) is 5.75 Å². The summed E-state index contributed by atoms with van der Waals surface area (Å²) in [4.78, 5) is 26.0. The normalized spacial score (nSPS) is 21.5. The number of carboxylic acids is 1. The van der Waals surface area contributed by atoms with Gasteiger partial charge in [0.1, 0.15) is 11.3 Å². The molecule has 1 heterocycles. The number of hydrogen-bond donors (Lipinski definition) is 2. The van der Waals surface area contributed by atoms with Gasteiger partial charge < -0.3 is 15.1 Å². The molecule has 1 amide bonds. The molecule has 1 aliphatic heterocycles. The molecule has 21 heavy (non-hydrogen) atoms. The zero-order valence-electron chi connectivity index (χ0n) is 12.4. The Kier molecular flexibility index (Phi) is 4.21. The molecule has 2 rings (SSSR count). The van der Waals surface area contributed by atoms with Crippen LogP contribution in [0.1, 0.15) is 48.5 Å². The lowest BCUT2D eigenvalue weighted by Crippen LogP contribution is -2.53. The van der Waals surface area contributed by atoms with Crippen molar-refractivity contribution in [1.82, 2.24) is 4.90 Å². The van der Waals surface area contributed by atoms with Crippen molar-refractivity contribution >= 4 is 11.9 Å². The Morgan fingerprint density at radius 1 is 1.38 bits per heavy atom. The predicted octanol–water partition coefficient (Wildman–Crippen LogP) is 2.56. The van der Waals surface area contributed by atoms with E-state index in [4.69, 9.17) is 0 Å². The summed E-state index contributed by atoms with van der Waals surface area (Å²) in [6.45, 7) is 4.13. The number of hydrogen-bond acceptors (Lipinski definition) is 3. The number of aromatic hydroxyl groups is 1. The van der Waals surface area contributed by atoms with Gasteiger partial charge >= 0.3 is 5.97 Å². The van der Waals surface area contributed by atoms with Crippen LogP contribution in [0.15, 0.2) is 18.2 Å². The van der Waals surface area contributed by atoms with E-state index in [1.807, 2.05) is 6.92 Å². The number of rotatable bonds is 4. The Morgan fingerprint density at radius 3 is 2.67 bits per heavy atom. The van der Waals surface area contributed by atoms with E-state index in [1.54, 1.807) is 13.0 Å². The van der Waals surface area contributed by atoms with E-state index in [-0.39, 0.29) is 11.7 Å². The lowest BCUT2D eigenvalue weighted by Gasteiger charge is -2.35. The second-order valence-corrected chi connectivity index (χ2v) is 5.65. The van der Waals surface area contributed by atoms with Crippen LogP contribution in [-0.4, -0.2) is 39.1 Å². The maximum atomic E-state index is 12.8. The van der Waals surface area contributed by atoms with E-state index in [0.717, 1.165) is 0 Å². The number of aliphatic carboxylic acids is 1. The van der Waals surface area contributed by atoms with Crippen molar-refractivity contribution in [3.05, 3.63) is 29.3 Å². The van der Waals surface area contributed by atoms with E-state index in [2.05, 4.69) is 0 Å². The number of carbonyl (C=O) groups excluding carboxylic acids is 1. The average Bonchev–Trinajstić information content (AvgIpc) is 2.83. The number of carbonyl (C=O) groups is 2. The van der Waals surface area contributed by atoms with E-state index in [1.165, 1.54) is 17.0 Å². The highest BCUT2D eigenvalue weighted by molar-refractivity contribution is 5.99. The van der Waals surface area contributed by atoms with Gasteiger partial charge in [0.2, 0.25) is 0 Å². The number of likely N-dealkylation sites (tertiary alicyclic amines) is 1. The third kappa shape index (κ3) is 2.60. The van der Waals surface area contributed by atoms with Gasteiger partial charge in [0, 0.05) is 12.1 Å². The molecule has 2 N–H and O–H groups in total. The van der Waals surface area contributed by atoms with Gasteiger partial charge in [-0.1, -0.05) is 13.3 Å². The highest BCUT2D eigenvalue weighted by atomic mass is 16.4. The van der Waals surface area contributed by atoms with Crippen LogP contribution in [0.4, 0.5) is 0 Å². The van der Waals surface area contributed by atoms with Gasteiger partial charge in [-0.05, 0) is 49.9 Å². The summed E-state index contributed by atoms with van der Waals surface area (Å²) in [5.74, 6) is -1.09. The minimum atomic E-state index is -1.09. The molecule has 0 spiro atoms. The number of phenolic OH excluding ortho intramolecular Hbond substituents is 1. The highest BCUT2D eigenvalue weighted by Crippen LogP contribution is 2.35. The van der Waals surface area contributed by atoms with Gasteiger partial charge in [0.05, 0.1) is 0 Å². The monoisotopic (exact) mass is 291 g/mol. The summed E-state index contributed by atoms with van der Waals surface area (Å²) >= 11 is 0. The van der Waals surface area contributed by atoms with Gasteiger partial charge in [0.25, 0.3) is 5.91 Å². The largest absolute Gasteiger partial charge is 0.508 e. The summed E-state index contributed by atoms with van der Waals surface area (Å²) in [6, 6.07) is 4.54. The topological polar surface area (TPSA) is 77.8 Å². The molecule has 1 unspecified atom stereocenters. The molecule has 1 aromatic rings. The molecule has 0 aromatic heterocycles. The van der Waals surface area contributed by atoms with E-state index in [9.17, 15) is 19.8 Å². The van der Waals surface area contributed by atoms with Gasteiger partial charge in [-0.15, -0.1) is 0 Å². The zero-order chi connectivity index (χ0) is 15.6. The van der Waals surface area contributed by atoms with E-state index in [0.29, 0.717) is 43.4 Å². The Morgan fingerprint density at radius 2 is 2.10 bits per heavy atom. The van der Waals surface area contributed by atoms with Gasteiger partial charge in [-0.3, -0.25) is 4.79 Å². The molecule has 0 aliphatic carbocycles. The Balaban J connectivity index is 2.39. The fourth-order valence-corrected chi connectivity index (χ4v) is 3.21. The predicted molar refractivity (Wildman–Crippen MR) is 78.4 cm³/mol. The molecular formula is C16H21NO4. The third-order valence-corrected chi connectivity index (χ3v) is 4.24. The van der Waals surface area contributed by atoms with Crippen LogP contribution in [0, 0.1) is 6.92 Å². The number of benzene rings is 1. The van der Waals surface area contributed by atoms with Crippen molar-refractivity contribution in [2.75, 3.05) is 6.54 Å². The fraction of sp³-hybridized carbons (Fsp3) is 0.500. The average molecular weight is 291 g/mol. The summed E-state index contributed by atoms with van der Waals surface area (Å²) in [5, 5.41) is 19.1. The molecule has 0 radical (unpaired) electrons. The van der Waals surface area contributed by atoms with Crippen molar-refractivity contribution in [3.8, 4) is 5.75 Å². The Labute approximate surface area is 124 Å². The molecule has 1 aliphatic rings. The van der Waals surface area contributed by atoms with Gasteiger partial charge in [0.15, 0.2) is 0 Å². The first-order chi connectivity index (χ1) is 9.92. The molecule has 5 nitrogen and oxygen atoms in total. The van der Waals surface area contributed by atoms with E-state index < -0.39 is 11.5 Å². The fourth-order valence-electron chi connectivity index (χ4n) is 3.21. The Hall–Kier alpha value is -2.04. The molecule has 1 saturated heterocycles. The van der Waals surface area contributed by atoms with Crippen molar-refractivity contribution < 1.29 is 19.8 Å². The van der Waals surface area contributed by atoms with Crippen LogP contribution in [0.25, 0.3) is 0 Å². The summed E-state index contributed by atoms with van der Waals surface area (Å²) in [7, 11) is 0. The first-order valence-electron chi connectivity index (χ1n) is 7.27. The number of aryl methyl sites for hydroxylation is 1. The zero-order valence-corrected chi connectivity index (χ0v) is 12.4. The minimum absolute atomic E-state index is 0.100.